The average molecular weight is 462 g/mol. The lowest BCUT2D eigenvalue weighted by atomic mass is 10.1. The fraction of sp³-hybridized carbons (Fsp3) is 0.125. The molecule has 3 nitrogen and oxygen atoms in total. The van der Waals surface area contributed by atoms with Gasteiger partial charge in [-0.25, -0.2) is 0 Å². The SMILES string of the molecule is COc1ccc(/C=C/C(=O)c2ccc(Cl)c(Cl)c2)cc1COc1ccc(C)cc1Cl. The van der Waals surface area contributed by atoms with Crippen LogP contribution >= 0.6 is 34.8 Å². The van der Waals surface area contributed by atoms with E-state index in [0.717, 1.165) is 16.7 Å². The van der Waals surface area contributed by atoms with Crippen molar-refractivity contribution in [2.45, 2.75) is 13.5 Å². The van der Waals surface area contributed by atoms with Crippen LogP contribution in [0.5, 0.6) is 11.5 Å². The number of rotatable bonds is 7. The molecule has 3 aromatic rings. The van der Waals surface area contributed by atoms with Gasteiger partial charge in [0.05, 0.1) is 22.2 Å². The number of carbonyl (C=O) groups excluding carboxylic acids is 1. The van der Waals surface area contributed by atoms with E-state index in [1.807, 2.05) is 43.3 Å². The summed E-state index contributed by atoms with van der Waals surface area (Å²) in [7, 11) is 1.60. The van der Waals surface area contributed by atoms with Crippen LogP contribution in [0.25, 0.3) is 6.08 Å². The van der Waals surface area contributed by atoms with Crippen molar-refractivity contribution in [3.63, 3.8) is 0 Å². The van der Waals surface area contributed by atoms with Crippen LogP contribution in [0.15, 0.2) is 60.7 Å². The van der Waals surface area contributed by atoms with Crippen LogP contribution in [0.1, 0.15) is 27.0 Å². The third-order valence-electron chi connectivity index (χ3n) is 4.41. The zero-order valence-corrected chi connectivity index (χ0v) is 18.7. The van der Waals surface area contributed by atoms with E-state index in [1.165, 1.54) is 6.08 Å². The summed E-state index contributed by atoms with van der Waals surface area (Å²) < 4.78 is 11.3. The number of hydrogen-bond acceptors (Lipinski definition) is 3. The molecular formula is C24H19Cl3O3. The summed E-state index contributed by atoms with van der Waals surface area (Å²) in [5.41, 5.74) is 3.19. The Morgan fingerprint density at radius 3 is 2.37 bits per heavy atom. The molecule has 0 aliphatic heterocycles. The highest BCUT2D eigenvalue weighted by Gasteiger charge is 2.09. The lowest BCUT2D eigenvalue weighted by Crippen LogP contribution is -2.00. The number of methoxy groups -OCH3 is 1. The maximum absolute atomic E-state index is 12.4. The first-order valence-electron chi connectivity index (χ1n) is 9.10. The fourth-order valence-corrected chi connectivity index (χ4v) is 3.40. The highest BCUT2D eigenvalue weighted by Crippen LogP contribution is 2.28. The van der Waals surface area contributed by atoms with Gasteiger partial charge in [0.1, 0.15) is 18.1 Å². The molecule has 154 valence electrons. The second kappa shape index (κ2) is 10.0. The molecule has 3 rings (SSSR count). The molecule has 0 saturated carbocycles. The Hall–Kier alpha value is -2.46. The Morgan fingerprint density at radius 1 is 0.900 bits per heavy atom. The van der Waals surface area contributed by atoms with Crippen molar-refractivity contribution in [3.8, 4) is 11.5 Å². The minimum absolute atomic E-state index is 0.173. The second-order valence-corrected chi connectivity index (χ2v) is 7.84. The standard InChI is InChI=1S/C24H19Cl3O3/c1-15-3-9-24(21(27)11-15)30-14-18-12-16(5-10-23(18)29-2)4-8-22(28)17-6-7-19(25)20(26)13-17/h3-13H,14H2,1-2H3/b8-4+. The van der Waals surface area contributed by atoms with Crippen LogP contribution in [0.4, 0.5) is 0 Å². The van der Waals surface area contributed by atoms with E-state index in [9.17, 15) is 4.79 Å². The maximum Gasteiger partial charge on any atom is 0.185 e. The molecule has 0 saturated heterocycles. The van der Waals surface area contributed by atoms with Gasteiger partial charge in [0.15, 0.2) is 5.78 Å². The highest BCUT2D eigenvalue weighted by atomic mass is 35.5. The van der Waals surface area contributed by atoms with E-state index in [0.29, 0.717) is 32.1 Å². The second-order valence-electron chi connectivity index (χ2n) is 6.62. The molecule has 0 spiro atoms. The molecule has 0 radical (unpaired) electrons. The van der Waals surface area contributed by atoms with Crippen molar-refractivity contribution < 1.29 is 14.3 Å². The maximum atomic E-state index is 12.4. The smallest absolute Gasteiger partial charge is 0.185 e. The van der Waals surface area contributed by atoms with Gasteiger partial charge in [-0.3, -0.25) is 4.79 Å². The average Bonchev–Trinajstić information content (AvgIpc) is 2.73. The van der Waals surface area contributed by atoms with Gasteiger partial charge in [0.25, 0.3) is 0 Å². The van der Waals surface area contributed by atoms with Crippen LogP contribution in [-0.4, -0.2) is 12.9 Å². The van der Waals surface area contributed by atoms with E-state index >= 15 is 0 Å². The van der Waals surface area contributed by atoms with Crippen LogP contribution in [0, 0.1) is 6.92 Å². The molecule has 0 amide bonds. The Balaban J connectivity index is 1.77. The summed E-state index contributed by atoms with van der Waals surface area (Å²) in [4.78, 5) is 12.4. The minimum Gasteiger partial charge on any atom is -0.496 e. The molecule has 0 fully saturated rings. The number of carbonyl (C=O) groups is 1. The molecular weight excluding hydrogens is 443 g/mol. The summed E-state index contributed by atoms with van der Waals surface area (Å²) in [6, 6.07) is 16.0. The topological polar surface area (TPSA) is 35.5 Å². The minimum atomic E-state index is -0.173. The van der Waals surface area contributed by atoms with Crippen LogP contribution < -0.4 is 9.47 Å². The van der Waals surface area contributed by atoms with E-state index in [2.05, 4.69) is 0 Å². The Kier molecular flexibility index (Phi) is 7.43. The van der Waals surface area contributed by atoms with Crippen LogP contribution in [0.2, 0.25) is 15.1 Å². The molecule has 3 aromatic carbocycles. The molecule has 0 aliphatic carbocycles. The Labute approximate surface area is 190 Å². The summed E-state index contributed by atoms with van der Waals surface area (Å²) in [6.45, 7) is 2.24. The summed E-state index contributed by atoms with van der Waals surface area (Å²) in [5, 5.41) is 1.30. The first-order chi connectivity index (χ1) is 14.4. The van der Waals surface area contributed by atoms with Gasteiger partial charge >= 0.3 is 0 Å². The first kappa shape index (κ1) is 22.2. The normalized spacial score (nSPS) is 11.0. The first-order valence-corrected chi connectivity index (χ1v) is 10.2. The van der Waals surface area contributed by atoms with Crippen molar-refractivity contribution in [2.75, 3.05) is 7.11 Å². The summed E-state index contributed by atoms with van der Waals surface area (Å²) >= 11 is 18.1. The quantitative estimate of drug-likeness (QED) is 0.271. The number of halogens is 3. The number of aryl methyl sites for hydroxylation is 1. The van der Waals surface area contributed by atoms with Gasteiger partial charge in [-0.05, 0) is 66.6 Å². The number of allylic oxidation sites excluding steroid dienone is 1. The predicted octanol–water partition coefficient (Wildman–Crippen LogP) is 7.44. The fourth-order valence-electron chi connectivity index (χ4n) is 2.81. The monoisotopic (exact) mass is 460 g/mol. The molecule has 0 aromatic heterocycles. The molecule has 0 atom stereocenters. The predicted molar refractivity (Wildman–Crippen MR) is 123 cm³/mol. The van der Waals surface area contributed by atoms with Crippen molar-refractivity contribution >= 4 is 46.7 Å². The van der Waals surface area contributed by atoms with Crippen LogP contribution in [-0.2, 0) is 6.61 Å². The molecule has 0 aliphatic rings. The van der Waals surface area contributed by atoms with Crippen molar-refractivity contribution in [3.05, 3.63) is 98.0 Å². The lowest BCUT2D eigenvalue weighted by Gasteiger charge is -2.12. The number of ether oxygens (including phenoxy) is 2. The van der Waals surface area contributed by atoms with E-state index in [4.69, 9.17) is 44.3 Å². The highest BCUT2D eigenvalue weighted by molar-refractivity contribution is 6.42. The molecule has 0 N–H and O–H groups in total. The van der Waals surface area contributed by atoms with Gasteiger partial charge < -0.3 is 9.47 Å². The third-order valence-corrected chi connectivity index (χ3v) is 5.44. The van der Waals surface area contributed by atoms with E-state index in [1.54, 1.807) is 31.4 Å². The Morgan fingerprint density at radius 2 is 1.67 bits per heavy atom. The molecule has 6 heteroatoms. The van der Waals surface area contributed by atoms with E-state index in [-0.39, 0.29) is 12.4 Å². The zero-order valence-electron chi connectivity index (χ0n) is 16.4. The molecule has 0 bridgehead atoms. The molecule has 0 unspecified atom stereocenters. The number of benzene rings is 3. The van der Waals surface area contributed by atoms with Gasteiger partial charge in [0, 0.05) is 11.1 Å². The lowest BCUT2D eigenvalue weighted by molar-refractivity contribution is 0.104. The van der Waals surface area contributed by atoms with Crippen molar-refractivity contribution in [1.82, 2.24) is 0 Å². The van der Waals surface area contributed by atoms with E-state index < -0.39 is 0 Å². The zero-order chi connectivity index (χ0) is 21.7. The largest absolute Gasteiger partial charge is 0.496 e. The van der Waals surface area contributed by atoms with Crippen molar-refractivity contribution in [2.24, 2.45) is 0 Å². The van der Waals surface area contributed by atoms with Gasteiger partial charge in [0.2, 0.25) is 0 Å². The Bertz CT molecular complexity index is 1110. The van der Waals surface area contributed by atoms with Gasteiger partial charge in [-0.1, -0.05) is 53.0 Å². The van der Waals surface area contributed by atoms with Crippen LogP contribution in [0.3, 0.4) is 0 Å². The summed E-state index contributed by atoms with van der Waals surface area (Å²) in [6.07, 6.45) is 3.22. The third kappa shape index (κ3) is 5.57. The summed E-state index contributed by atoms with van der Waals surface area (Å²) in [5.74, 6) is 1.11. The van der Waals surface area contributed by atoms with Gasteiger partial charge in [-0.15, -0.1) is 0 Å². The number of hydrogen-bond donors (Lipinski definition) is 0. The molecule has 0 heterocycles. The van der Waals surface area contributed by atoms with Crippen molar-refractivity contribution in [1.29, 1.82) is 0 Å². The molecule has 30 heavy (non-hydrogen) atoms. The number of ketones is 1. The van der Waals surface area contributed by atoms with Gasteiger partial charge in [-0.2, -0.15) is 0 Å².